The van der Waals surface area contributed by atoms with E-state index in [1.165, 1.54) is 25.0 Å². The molecule has 1 aromatic rings. The third kappa shape index (κ3) is 1.27. The number of hydrogen-bond donors (Lipinski definition) is 1. The van der Waals surface area contributed by atoms with Crippen LogP contribution in [0.4, 0.5) is 0 Å². The number of hydrogen-bond acceptors (Lipinski definition) is 2. The fourth-order valence-corrected chi connectivity index (χ4v) is 2.31. The van der Waals surface area contributed by atoms with Gasteiger partial charge in [-0.1, -0.05) is 6.42 Å². The SMILES string of the molecule is CC(C)n1nccc1C1(CN)CCC1. The van der Waals surface area contributed by atoms with Gasteiger partial charge in [0.15, 0.2) is 0 Å². The molecule has 0 amide bonds. The van der Waals surface area contributed by atoms with Crippen LogP contribution in [0.15, 0.2) is 12.3 Å². The standard InChI is InChI=1S/C11H19N3/c1-9(2)14-10(4-7-13-14)11(8-12)5-3-6-11/h4,7,9H,3,5-6,8,12H2,1-2H3. The average Bonchev–Trinajstić information content (AvgIpc) is 2.52. The Kier molecular flexibility index (Phi) is 2.35. The summed E-state index contributed by atoms with van der Waals surface area (Å²) in [6.07, 6.45) is 5.65. The maximum atomic E-state index is 5.89. The van der Waals surface area contributed by atoms with Gasteiger partial charge in [0.25, 0.3) is 0 Å². The quantitative estimate of drug-likeness (QED) is 0.796. The zero-order chi connectivity index (χ0) is 10.2. The molecule has 0 bridgehead atoms. The van der Waals surface area contributed by atoms with Gasteiger partial charge in [0.05, 0.1) is 0 Å². The zero-order valence-electron chi connectivity index (χ0n) is 9.03. The van der Waals surface area contributed by atoms with Gasteiger partial charge in [-0.15, -0.1) is 0 Å². The van der Waals surface area contributed by atoms with E-state index in [1.54, 1.807) is 0 Å². The van der Waals surface area contributed by atoms with E-state index in [9.17, 15) is 0 Å². The van der Waals surface area contributed by atoms with Gasteiger partial charge in [0, 0.05) is 29.9 Å². The Balaban J connectivity index is 2.35. The first kappa shape index (κ1) is 9.71. The van der Waals surface area contributed by atoms with Gasteiger partial charge in [-0.2, -0.15) is 5.10 Å². The first-order chi connectivity index (χ1) is 6.69. The molecule has 1 heterocycles. The maximum absolute atomic E-state index is 5.89. The summed E-state index contributed by atoms with van der Waals surface area (Å²) in [5, 5.41) is 4.37. The molecule has 14 heavy (non-hydrogen) atoms. The summed E-state index contributed by atoms with van der Waals surface area (Å²) < 4.78 is 2.12. The van der Waals surface area contributed by atoms with Crippen LogP contribution in [-0.4, -0.2) is 16.3 Å². The fraction of sp³-hybridized carbons (Fsp3) is 0.727. The molecule has 1 aliphatic rings. The van der Waals surface area contributed by atoms with E-state index in [2.05, 4.69) is 29.7 Å². The lowest BCUT2D eigenvalue weighted by Crippen LogP contribution is -2.43. The molecule has 2 N–H and O–H groups in total. The fourth-order valence-electron chi connectivity index (χ4n) is 2.31. The van der Waals surface area contributed by atoms with E-state index >= 15 is 0 Å². The predicted molar refractivity (Wildman–Crippen MR) is 57.2 cm³/mol. The van der Waals surface area contributed by atoms with Crippen molar-refractivity contribution in [3.8, 4) is 0 Å². The van der Waals surface area contributed by atoms with Crippen LogP contribution in [0.1, 0.15) is 44.8 Å². The van der Waals surface area contributed by atoms with E-state index in [4.69, 9.17) is 5.73 Å². The van der Waals surface area contributed by atoms with Gasteiger partial charge in [-0.25, -0.2) is 0 Å². The molecule has 1 saturated carbocycles. The lowest BCUT2D eigenvalue weighted by molar-refractivity contribution is 0.230. The van der Waals surface area contributed by atoms with Crippen molar-refractivity contribution in [2.75, 3.05) is 6.54 Å². The number of nitrogens with zero attached hydrogens (tertiary/aromatic N) is 2. The number of rotatable bonds is 3. The smallest absolute Gasteiger partial charge is 0.0492 e. The highest BCUT2D eigenvalue weighted by molar-refractivity contribution is 5.21. The normalized spacial score (nSPS) is 19.7. The average molecular weight is 193 g/mol. The monoisotopic (exact) mass is 193 g/mol. The first-order valence-corrected chi connectivity index (χ1v) is 5.44. The molecule has 2 rings (SSSR count). The number of nitrogens with two attached hydrogens (primary N) is 1. The lowest BCUT2D eigenvalue weighted by atomic mass is 9.66. The van der Waals surface area contributed by atoms with Gasteiger partial charge in [-0.3, -0.25) is 4.68 Å². The highest BCUT2D eigenvalue weighted by Crippen LogP contribution is 2.43. The molecule has 3 heteroatoms. The summed E-state index contributed by atoms with van der Waals surface area (Å²) in [6, 6.07) is 2.57. The Hall–Kier alpha value is -0.830. The molecule has 0 spiro atoms. The highest BCUT2D eigenvalue weighted by atomic mass is 15.3. The Morgan fingerprint density at radius 1 is 1.57 bits per heavy atom. The second-order valence-electron chi connectivity index (χ2n) is 4.59. The van der Waals surface area contributed by atoms with E-state index in [0.29, 0.717) is 6.04 Å². The summed E-state index contributed by atoms with van der Waals surface area (Å²) >= 11 is 0. The lowest BCUT2D eigenvalue weighted by Gasteiger charge is -2.41. The van der Waals surface area contributed by atoms with Crippen molar-refractivity contribution in [2.24, 2.45) is 5.73 Å². The van der Waals surface area contributed by atoms with Crippen molar-refractivity contribution < 1.29 is 0 Å². The third-order valence-corrected chi connectivity index (χ3v) is 3.40. The van der Waals surface area contributed by atoms with E-state index in [1.807, 2.05) is 6.20 Å². The molecule has 1 aliphatic carbocycles. The Labute approximate surface area is 85.3 Å². The molecular weight excluding hydrogens is 174 g/mol. The summed E-state index contributed by atoms with van der Waals surface area (Å²) in [5.41, 5.74) is 7.46. The van der Waals surface area contributed by atoms with Crippen LogP contribution in [0.25, 0.3) is 0 Å². The molecule has 0 radical (unpaired) electrons. The van der Waals surface area contributed by atoms with Crippen LogP contribution >= 0.6 is 0 Å². The number of aromatic nitrogens is 2. The molecule has 1 fully saturated rings. The first-order valence-electron chi connectivity index (χ1n) is 5.44. The van der Waals surface area contributed by atoms with Crippen LogP contribution in [0.5, 0.6) is 0 Å². The summed E-state index contributed by atoms with van der Waals surface area (Å²) in [6.45, 7) is 5.09. The van der Waals surface area contributed by atoms with Crippen molar-refractivity contribution >= 4 is 0 Å². The zero-order valence-corrected chi connectivity index (χ0v) is 9.03. The van der Waals surface area contributed by atoms with E-state index < -0.39 is 0 Å². The highest BCUT2D eigenvalue weighted by Gasteiger charge is 2.40. The van der Waals surface area contributed by atoms with E-state index in [0.717, 1.165) is 6.54 Å². The molecule has 0 unspecified atom stereocenters. The summed E-state index contributed by atoms with van der Waals surface area (Å²) in [5.74, 6) is 0. The second kappa shape index (κ2) is 3.39. The van der Waals surface area contributed by atoms with Gasteiger partial charge in [-0.05, 0) is 32.8 Å². The molecule has 78 valence electrons. The Bertz CT molecular complexity index is 305. The van der Waals surface area contributed by atoms with Crippen molar-refractivity contribution in [2.45, 2.75) is 44.6 Å². The van der Waals surface area contributed by atoms with Crippen LogP contribution in [0.2, 0.25) is 0 Å². The minimum atomic E-state index is 0.237. The van der Waals surface area contributed by atoms with Crippen LogP contribution in [0, 0.1) is 0 Å². The molecule has 0 aliphatic heterocycles. The molecule has 0 aromatic carbocycles. The maximum Gasteiger partial charge on any atom is 0.0492 e. The largest absolute Gasteiger partial charge is 0.330 e. The second-order valence-corrected chi connectivity index (χ2v) is 4.59. The van der Waals surface area contributed by atoms with Gasteiger partial charge < -0.3 is 5.73 Å². The van der Waals surface area contributed by atoms with Crippen LogP contribution in [-0.2, 0) is 5.41 Å². The van der Waals surface area contributed by atoms with Gasteiger partial charge in [0.1, 0.15) is 0 Å². The van der Waals surface area contributed by atoms with Gasteiger partial charge >= 0.3 is 0 Å². The Morgan fingerprint density at radius 2 is 2.29 bits per heavy atom. The molecule has 1 aromatic heterocycles. The topological polar surface area (TPSA) is 43.8 Å². The molecule has 0 saturated heterocycles. The molecule has 3 nitrogen and oxygen atoms in total. The third-order valence-electron chi connectivity index (χ3n) is 3.40. The molecular formula is C11H19N3. The Morgan fingerprint density at radius 3 is 2.71 bits per heavy atom. The minimum absolute atomic E-state index is 0.237. The van der Waals surface area contributed by atoms with Crippen molar-refractivity contribution in [3.63, 3.8) is 0 Å². The van der Waals surface area contributed by atoms with Crippen molar-refractivity contribution in [1.82, 2.24) is 9.78 Å². The van der Waals surface area contributed by atoms with Gasteiger partial charge in [0.2, 0.25) is 0 Å². The van der Waals surface area contributed by atoms with Crippen LogP contribution < -0.4 is 5.73 Å². The summed E-state index contributed by atoms with van der Waals surface area (Å²) in [7, 11) is 0. The van der Waals surface area contributed by atoms with Crippen LogP contribution in [0.3, 0.4) is 0 Å². The summed E-state index contributed by atoms with van der Waals surface area (Å²) in [4.78, 5) is 0. The minimum Gasteiger partial charge on any atom is -0.330 e. The molecule has 0 atom stereocenters. The predicted octanol–water partition coefficient (Wildman–Crippen LogP) is 1.84. The van der Waals surface area contributed by atoms with Crippen molar-refractivity contribution in [3.05, 3.63) is 18.0 Å². The van der Waals surface area contributed by atoms with Crippen molar-refractivity contribution in [1.29, 1.82) is 0 Å². The van der Waals surface area contributed by atoms with E-state index in [-0.39, 0.29) is 5.41 Å².